The number of hydrogen-bond acceptors (Lipinski definition) is 3. The van der Waals surface area contributed by atoms with Crippen molar-refractivity contribution >= 4 is 28.2 Å². The quantitative estimate of drug-likeness (QED) is 0.738. The van der Waals surface area contributed by atoms with Gasteiger partial charge in [0.05, 0.1) is 0 Å². The maximum atomic E-state index is 6.12. The Morgan fingerprint density at radius 2 is 1.90 bits per heavy atom. The highest BCUT2D eigenvalue weighted by atomic mass is 35.5. The Bertz CT molecular complexity index is 758. The van der Waals surface area contributed by atoms with E-state index in [4.69, 9.17) is 22.1 Å². The van der Waals surface area contributed by atoms with Crippen LogP contribution in [0.4, 0.5) is 5.69 Å². The van der Waals surface area contributed by atoms with E-state index in [1.165, 1.54) is 0 Å². The van der Waals surface area contributed by atoms with Gasteiger partial charge in [-0.3, -0.25) is 4.98 Å². The predicted octanol–water partition coefficient (Wildman–Crippen LogP) is 4.05. The van der Waals surface area contributed by atoms with Gasteiger partial charge in [-0.1, -0.05) is 29.8 Å². The summed E-state index contributed by atoms with van der Waals surface area (Å²) in [7, 11) is 0. The third-order valence-electron chi connectivity index (χ3n) is 3.11. The molecule has 0 aliphatic carbocycles. The van der Waals surface area contributed by atoms with Crippen molar-refractivity contribution in [1.29, 1.82) is 0 Å². The third-order valence-corrected chi connectivity index (χ3v) is 3.48. The maximum absolute atomic E-state index is 6.12. The summed E-state index contributed by atoms with van der Waals surface area (Å²) in [6, 6.07) is 15.1. The summed E-state index contributed by atoms with van der Waals surface area (Å²) in [6.45, 7) is 0.398. The fraction of sp³-hybridized carbons (Fsp3) is 0.0625. The van der Waals surface area contributed by atoms with Crippen LogP contribution in [0.3, 0.4) is 0 Å². The summed E-state index contributed by atoms with van der Waals surface area (Å²) < 4.78 is 5.84. The van der Waals surface area contributed by atoms with Crippen LogP contribution in [0.1, 0.15) is 5.56 Å². The smallest absolute Gasteiger partial charge is 0.146 e. The van der Waals surface area contributed by atoms with E-state index in [-0.39, 0.29) is 0 Å². The van der Waals surface area contributed by atoms with Crippen molar-refractivity contribution in [3.8, 4) is 5.75 Å². The number of anilines is 1. The first-order chi connectivity index (χ1) is 9.75. The Morgan fingerprint density at radius 1 is 1.05 bits per heavy atom. The van der Waals surface area contributed by atoms with E-state index >= 15 is 0 Å². The third kappa shape index (κ3) is 2.40. The molecule has 0 saturated carbocycles. The number of rotatable bonds is 3. The van der Waals surface area contributed by atoms with Gasteiger partial charge in [-0.25, -0.2) is 0 Å². The van der Waals surface area contributed by atoms with Gasteiger partial charge in [0, 0.05) is 27.9 Å². The first-order valence-electron chi connectivity index (χ1n) is 6.25. The Balaban J connectivity index is 1.92. The molecule has 0 fully saturated rings. The maximum Gasteiger partial charge on any atom is 0.146 e. The molecule has 0 bridgehead atoms. The zero-order valence-electron chi connectivity index (χ0n) is 10.7. The summed E-state index contributed by atoms with van der Waals surface area (Å²) in [5, 5.41) is 1.59. The van der Waals surface area contributed by atoms with Crippen LogP contribution in [0.2, 0.25) is 5.02 Å². The van der Waals surface area contributed by atoms with E-state index in [2.05, 4.69) is 4.98 Å². The second-order valence-corrected chi connectivity index (χ2v) is 4.84. The van der Waals surface area contributed by atoms with Crippen LogP contribution in [-0.2, 0) is 6.61 Å². The molecule has 20 heavy (non-hydrogen) atoms. The number of nitrogens with two attached hydrogens (primary N) is 1. The molecule has 1 heterocycles. The van der Waals surface area contributed by atoms with Crippen LogP contribution >= 0.6 is 11.6 Å². The van der Waals surface area contributed by atoms with Crippen LogP contribution in [0.5, 0.6) is 5.75 Å². The summed E-state index contributed by atoms with van der Waals surface area (Å²) in [5.41, 5.74) is 8.34. The van der Waals surface area contributed by atoms with Gasteiger partial charge in [0.25, 0.3) is 0 Å². The van der Waals surface area contributed by atoms with E-state index in [0.717, 1.165) is 16.5 Å². The number of benzene rings is 2. The van der Waals surface area contributed by atoms with Gasteiger partial charge < -0.3 is 10.5 Å². The van der Waals surface area contributed by atoms with Crippen molar-refractivity contribution in [2.75, 3.05) is 5.73 Å². The highest BCUT2D eigenvalue weighted by molar-refractivity contribution is 6.31. The molecule has 2 aromatic carbocycles. The fourth-order valence-electron chi connectivity index (χ4n) is 2.06. The zero-order chi connectivity index (χ0) is 13.9. The minimum absolute atomic E-state index is 0.398. The van der Waals surface area contributed by atoms with E-state index in [1.54, 1.807) is 6.20 Å². The first-order valence-corrected chi connectivity index (χ1v) is 6.63. The van der Waals surface area contributed by atoms with Gasteiger partial charge in [-0.05, 0) is 30.3 Å². The Labute approximate surface area is 122 Å². The largest absolute Gasteiger partial charge is 0.487 e. The van der Waals surface area contributed by atoms with E-state index < -0.39 is 0 Å². The number of hydrogen-bond donors (Lipinski definition) is 1. The molecule has 0 aliphatic rings. The average molecular weight is 285 g/mol. The molecule has 2 N–H and O–H groups in total. The Morgan fingerprint density at radius 3 is 2.75 bits per heavy atom. The van der Waals surface area contributed by atoms with E-state index in [1.807, 2.05) is 48.5 Å². The lowest BCUT2D eigenvalue weighted by atomic mass is 10.1. The lowest BCUT2D eigenvalue weighted by Crippen LogP contribution is -1.98. The molecular weight excluding hydrogens is 272 g/mol. The van der Waals surface area contributed by atoms with E-state index in [0.29, 0.717) is 23.1 Å². The lowest BCUT2D eigenvalue weighted by Gasteiger charge is -2.10. The van der Waals surface area contributed by atoms with Crippen molar-refractivity contribution in [3.05, 3.63) is 65.3 Å². The van der Waals surface area contributed by atoms with Gasteiger partial charge in [0.15, 0.2) is 0 Å². The summed E-state index contributed by atoms with van der Waals surface area (Å²) in [4.78, 5) is 4.34. The van der Waals surface area contributed by atoms with Crippen LogP contribution < -0.4 is 10.5 Å². The predicted molar refractivity (Wildman–Crippen MR) is 81.9 cm³/mol. The monoisotopic (exact) mass is 284 g/mol. The molecule has 4 heteroatoms. The number of nitrogens with zero attached hydrogens (tertiary/aromatic N) is 1. The number of pyridine rings is 1. The van der Waals surface area contributed by atoms with Crippen LogP contribution in [0, 0.1) is 0 Å². The average Bonchev–Trinajstić information content (AvgIpc) is 2.48. The molecule has 0 spiro atoms. The van der Waals surface area contributed by atoms with Crippen molar-refractivity contribution in [2.45, 2.75) is 6.61 Å². The molecule has 0 unspecified atom stereocenters. The first kappa shape index (κ1) is 12.8. The molecule has 3 nitrogen and oxygen atoms in total. The summed E-state index contributed by atoms with van der Waals surface area (Å²) >= 11 is 6.12. The molecule has 0 atom stereocenters. The highest BCUT2D eigenvalue weighted by Crippen LogP contribution is 2.29. The van der Waals surface area contributed by atoms with Gasteiger partial charge in [0.1, 0.15) is 17.9 Å². The molecule has 0 aliphatic heterocycles. The second-order valence-electron chi connectivity index (χ2n) is 4.43. The molecule has 1 aromatic heterocycles. The molecule has 0 amide bonds. The number of aromatic nitrogens is 1. The van der Waals surface area contributed by atoms with E-state index in [9.17, 15) is 0 Å². The number of fused-ring (bicyclic) bond motifs is 1. The van der Waals surface area contributed by atoms with Gasteiger partial charge in [0.2, 0.25) is 0 Å². The summed E-state index contributed by atoms with van der Waals surface area (Å²) in [5.74, 6) is 0.703. The fourth-order valence-corrected chi connectivity index (χ4v) is 2.25. The van der Waals surface area contributed by atoms with Crippen molar-refractivity contribution < 1.29 is 4.74 Å². The second kappa shape index (κ2) is 5.39. The number of nitrogen functional groups attached to an aromatic ring is 1. The Hall–Kier alpha value is -2.26. The van der Waals surface area contributed by atoms with Crippen LogP contribution in [-0.4, -0.2) is 4.98 Å². The van der Waals surface area contributed by atoms with Crippen LogP contribution in [0.15, 0.2) is 54.7 Å². The Kier molecular flexibility index (Phi) is 3.44. The molecule has 3 aromatic rings. The van der Waals surface area contributed by atoms with Gasteiger partial charge >= 0.3 is 0 Å². The molecule has 0 radical (unpaired) electrons. The lowest BCUT2D eigenvalue weighted by molar-refractivity contribution is 0.309. The highest BCUT2D eigenvalue weighted by Gasteiger charge is 2.07. The summed E-state index contributed by atoms with van der Waals surface area (Å²) in [6.07, 6.45) is 1.73. The molecule has 100 valence electrons. The number of ether oxygens (including phenoxy) is 1. The molecule has 3 rings (SSSR count). The van der Waals surface area contributed by atoms with Gasteiger partial charge in [-0.15, -0.1) is 0 Å². The van der Waals surface area contributed by atoms with Crippen molar-refractivity contribution in [3.63, 3.8) is 0 Å². The van der Waals surface area contributed by atoms with Gasteiger partial charge in [-0.2, -0.15) is 0 Å². The molecular formula is C16H13ClN2O. The standard InChI is InChI=1S/C16H13ClN2O/c17-13-6-2-1-4-11(13)10-20-15-8-7-14(18)12-5-3-9-19-16(12)15/h1-9H,10,18H2. The SMILES string of the molecule is Nc1ccc(OCc2ccccc2Cl)c2ncccc12. The van der Waals surface area contributed by atoms with Crippen molar-refractivity contribution in [2.24, 2.45) is 0 Å². The minimum Gasteiger partial charge on any atom is -0.487 e. The molecule has 0 saturated heterocycles. The van der Waals surface area contributed by atoms with Crippen LogP contribution in [0.25, 0.3) is 10.9 Å². The topological polar surface area (TPSA) is 48.1 Å². The zero-order valence-corrected chi connectivity index (χ0v) is 11.5. The number of halogens is 1. The normalized spacial score (nSPS) is 10.7. The minimum atomic E-state index is 0.398. The van der Waals surface area contributed by atoms with Crippen molar-refractivity contribution in [1.82, 2.24) is 4.98 Å².